The lowest BCUT2D eigenvalue weighted by Crippen LogP contribution is -2.46. The third-order valence-electron chi connectivity index (χ3n) is 6.21. The first-order valence-corrected chi connectivity index (χ1v) is 11.4. The van der Waals surface area contributed by atoms with Crippen molar-refractivity contribution in [3.05, 3.63) is 46.1 Å². The molecule has 30 heavy (non-hydrogen) atoms. The highest BCUT2D eigenvalue weighted by Gasteiger charge is 2.42. The second-order valence-corrected chi connectivity index (χ2v) is 9.52. The first-order chi connectivity index (χ1) is 14.5. The topological polar surface area (TPSA) is 72.1 Å². The van der Waals surface area contributed by atoms with Gasteiger partial charge in [-0.15, -0.1) is 5.10 Å². The zero-order chi connectivity index (χ0) is 20.9. The van der Waals surface area contributed by atoms with E-state index in [4.69, 9.17) is 9.47 Å². The zero-order valence-electron chi connectivity index (χ0n) is 17.7. The van der Waals surface area contributed by atoms with Gasteiger partial charge >= 0.3 is 0 Å². The van der Waals surface area contributed by atoms with E-state index in [1.165, 1.54) is 22.5 Å². The van der Waals surface area contributed by atoms with Crippen molar-refractivity contribution in [2.75, 3.05) is 26.3 Å². The lowest BCUT2D eigenvalue weighted by atomic mass is 9.95. The van der Waals surface area contributed by atoms with E-state index < -0.39 is 5.79 Å². The number of aromatic nitrogens is 3. The minimum Gasteiger partial charge on any atom is -0.492 e. The van der Waals surface area contributed by atoms with Crippen LogP contribution in [0.3, 0.4) is 0 Å². The zero-order valence-corrected chi connectivity index (χ0v) is 18.5. The second kappa shape index (κ2) is 7.60. The third-order valence-corrected chi connectivity index (χ3v) is 7.28. The molecule has 2 saturated heterocycles. The molecule has 1 N–H and O–H groups in total. The van der Waals surface area contributed by atoms with E-state index in [9.17, 15) is 5.11 Å². The van der Waals surface area contributed by atoms with Crippen LogP contribution in [0.25, 0.3) is 4.96 Å². The van der Waals surface area contributed by atoms with Gasteiger partial charge in [0.15, 0.2) is 5.79 Å². The van der Waals surface area contributed by atoms with Crippen molar-refractivity contribution in [2.45, 2.75) is 51.4 Å². The minimum absolute atomic E-state index is 0.0567. The number of likely N-dealkylation sites (tertiary alicyclic amines) is 1. The highest BCUT2D eigenvalue weighted by atomic mass is 32.1. The average molecular weight is 429 g/mol. The van der Waals surface area contributed by atoms with Crippen LogP contribution in [0.1, 0.15) is 60.5 Å². The third kappa shape index (κ3) is 3.41. The number of ether oxygens (including phenoxy) is 2. The van der Waals surface area contributed by atoms with Gasteiger partial charge in [-0.3, -0.25) is 4.90 Å². The Labute approximate surface area is 180 Å². The van der Waals surface area contributed by atoms with Crippen molar-refractivity contribution in [3.63, 3.8) is 0 Å². The Morgan fingerprint density at radius 2 is 1.70 bits per heavy atom. The summed E-state index contributed by atoms with van der Waals surface area (Å²) < 4.78 is 13.4. The van der Waals surface area contributed by atoms with E-state index in [0.29, 0.717) is 25.0 Å². The van der Waals surface area contributed by atoms with Gasteiger partial charge in [-0.25, -0.2) is 4.98 Å². The quantitative estimate of drug-likeness (QED) is 0.680. The van der Waals surface area contributed by atoms with Crippen LogP contribution in [0, 0.1) is 6.92 Å². The SMILES string of the molecule is Cc1nc2sc([C@H](c3ccc(C(C)C)cc3)N3CCC4(CC3)OCCO4)c(O)n2n1. The highest BCUT2D eigenvalue weighted by molar-refractivity contribution is 7.17. The van der Waals surface area contributed by atoms with Crippen molar-refractivity contribution >= 4 is 16.3 Å². The molecule has 2 aromatic heterocycles. The molecule has 2 aliphatic heterocycles. The number of aryl methyl sites for hydroxylation is 1. The van der Waals surface area contributed by atoms with Crippen LogP contribution in [0.4, 0.5) is 0 Å². The monoisotopic (exact) mass is 428 g/mol. The molecule has 160 valence electrons. The van der Waals surface area contributed by atoms with Gasteiger partial charge in [0, 0.05) is 25.9 Å². The molecule has 8 heteroatoms. The van der Waals surface area contributed by atoms with E-state index in [1.807, 2.05) is 6.92 Å². The summed E-state index contributed by atoms with van der Waals surface area (Å²) in [6.45, 7) is 9.26. The summed E-state index contributed by atoms with van der Waals surface area (Å²) in [5.41, 5.74) is 2.48. The van der Waals surface area contributed by atoms with Gasteiger partial charge < -0.3 is 14.6 Å². The molecule has 0 bridgehead atoms. The number of hydrogen-bond acceptors (Lipinski definition) is 7. The first-order valence-electron chi connectivity index (χ1n) is 10.6. The molecule has 1 aromatic carbocycles. The Bertz CT molecular complexity index is 1030. The molecule has 1 atom stereocenters. The Morgan fingerprint density at radius 1 is 1.07 bits per heavy atom. The number of rotatable bonds is 4. The first kappa shape index (κ1) is 19.9. The molecule has 0 radical (unpaired) electrons. The van der Waals surface area contributed by atoms with Gasteiger partial charge in [-0.05, 0) is 24.0 Å². The summed E-state index contributed by atoms with van der Waals surface area (Å²) in [7, 11) is 0. The van der Waals surface area contributed by atoms with E-state index in [-0.39, 0.29) is 11.9 Å². The number of hydrogen-bond donors (Lipinski definition) is 1. The Kier molecular flexibility index (Phi) is 5.05. The summed E-state index contributed by atoms with van der Waals surface area (Å²) in [5.74, 6) is 0.904. The lowest BCUT2D eigenvalue weighted by Gasteiger charge is -2.41. The molecule has 1 spiro atoms. The van der Waals surface area contributed by atoms with Crippen molar-refractivity contribution in [1.29, 1.82) is 0 Å². The fourth-order valence-electron chi connectivity index (χ4n) is 4.53. The molecule has 3 aromatic rings. The normalized spacial score (nSPS) is 20.5. The van der Waals surface area contributed by atoms with Crippen LogP contribution in [-0.4, -0.2) is 56.7 Å². The summed E-state index contributed by atoms with van der Waals surface area (Å²) >= 11 is 1.51. The minimum atomic E-state index is -0.423. The average Bonchev–Trinajstić information content (AvgIpc) is 3.42. The van der Waals surface area contributed by atoms with Crippen molar-refractivity contribution in [1.82, 2.24) is 19.5 Å². The maximum absolute atomic E-state index is 11.0. The van der Waals surface area contributed by atoms with E-state index in [1.54, 1.807) is 4.52 Å². The molecule has 0 saturated carbocycles. The van der Waals surface area contributed by atoms with Crippen LogP contribution in [0.15, 0.2) is 24.3 Å². The Hall–Kier alpha value is -2.00. The van der Waals surface area contributed by atoms with Crippen LogP contribution in [-0.2, 0) is 9.47 Å². The molecule has 7 nitrogen and oxygen atoms in total. The van der Waals surface area contributed by atoms with Gasteiger partial charge in [0.1, 0.15) is 5.82 Å². The second-order valence-electron chi connectivity index (χ2n) is 8.51. The molecule has 4 heterocycles. The Balaban J connectivity index is 1.51. The predicted molar refractivity (Wildman–Crippen MR) is 115 cm³/mol. The number of nitrogens with zero attached hydrogens (tertiary/aromatic N) is 4. The Morgan fingerprint density at radius 3 is 2.30 bits per heavy atom. The number of thiazole rings is 1. The summed E-state index contributed by atoms with van der Waals surface area (Å²) in [4.78, 5) is 8.48. The van der Waals surface area contributed by atoms with E-state index in [2.05, 4.69) is 53.1 Å². The predicted octanol–water partition coefficient (Wildman–Crippen LogP) is 3.86. The summed E-state index contributed by atoms with van der Waals surface area (Å²) in [5, 5.41) is 15.4. The van der Waals surface area contributed by atoms with Gasteiger partial charge in [-0.1, -0.05) is 49.4 Å². The van der Waals surface area contributed by atoms with Gasteiger partial charge in [0.2, 0.25) is 10.8 Å². The molecule has 0 unspecified atom stereocenters. The van der Waals surface area contributed by atoms with E-state index in [0.717, 1.165) is 35.8 Å². The fourth-order valence-corrected chi connectivity index (χ4v) is 5.69. The molecular weight excluding hydrogens is 400 g/mol. The number of fused-ring (bicyclic) bond motifs is 1. The lowest BCUT2D eigenvalue weighted by molar-refractivity contribution is -0.187. The fraction of sp³-hybridized carbons (Fsp3) is 0.545. The molecule has 2 fully saturated rings. The number of piperidine rings is 1. The van der Waals surface area contributed by atoms with Crippen molar-refractivity contribution in [2.24, 2.45) is 0 Å². The van der Waals surface area contributed by atoms with Crippen LogP contribution >= 0.6 is 11.3 Å². The van der Waals surface area contributed by atoms with Crippen LogP contribution in [0.5, 0.6) is 5.88 Å². The highest BCUT2D eigenvalue weighted by Crippen LogP contribution is 2.43. The molecule has 0 amide bonds. The van der Waals surface area contributed by atoms with Gasteiger partial charge in [0.25, 0.3) is 0 Å². The number of benzene rings is 1. The molecular formula is C22H28N4O3S. The summed E-state index contributed by atoms with van der Waals surface area (Å²) in [6.07, 6.45) is 1.66. The maximum atomic E-state index is 11.0. The number of aromatic hydroxyl groups is 1. The van der Waals surface area contributed by atoms with Crippen molar-refractivity contribution in [3.8, 4) is 5.88 Å². The van der Waals surface area contributed by atoms with Crippen LogP contribution < -0.4 is 0 Å². The smallest absolute Gasteiger partial charge is 0.230 e. The standard InChI is InChI=1S/C22H28N4O3S/c1-14(2)16-4-6-17(7-5-16)18(19-20(27)26-21(30-19)23-15(3)24-26)25-10-8-22(9-11-25)28-12-13-29-22/h4-7,14,18,27H,8-13H2,1-3H3/t18-/m0/s1. The molecule has 5 rings (SSSR count). The van der Waals surface area contributed by atoms with Gasteiger partial charge in [0.05, 0.1) is 24.1 Å². The molecule has 0 aliphatic carbocycles. The van der Waals surface area contributed by atoms with Crippen LogP contribution in [0.2, 0.25) is 0 Å². The largest absolute Gasteiger partial charge is 0.492 e. The summed E-state index contributed by atoms with van der Waals surface area (Å²) in [6, 6.07) is 8.71. The van der Waals surface area contributed by atoms with Crippen molar-refractivity contribution < 1.29 is 14.6 Å². The molecule has 2 aliphatic rings. The van der Waals surface area contributed by atoms with Gasteiger partial charge in [-0.2, -0.15) is 4.52 Å². The maximum Gasteiger partial charge on any atom is 0.230 e. The van der Waals surface area contributed by atoms with E-state index >= 15 is 0 Å².